The van der Waals surface area contributed by atoms with Crippen LogP contribution in [0.25, 0.3) is 0 Å². The van der Waals surface area contributed by atoms with Crippen molar-refractivity contribution in [2.24, 2.45) is 10.8 Å². The molecule has 0 N–H and O–H groups in total. The Kier molecular flexibility index (Phi) is 3.77. The molecule has 0 bridgehead atoms. The lowest BCUT2D eigenvalue weighted by molar-refractivity contribution is -0.126. The molecule has 0 spiro atoms. The van der Waals surface area contributed by atoms with Crippen molar-refractivity contribution in [1.82, 2.24) is 0 Å². The average Bonchev–Trinajstić information content (AvgIpc) is 1.85. The van der Waals surface area contributed by atoms with Gasteiger partial charge >= 0.3 is 0 Å². The second kappa shape index (κ2) is 3.78. The summed E-state index contributed by atoms with van der Waals surface area (Å²) in [7, 11) is 0. The molecule has 0 fully saturated rings. The normalized spacial score (nSPS) is 13.2. The largest absolute Gasteiger partial charge is 0.299 e. The highest BCUT2D eigenvalue weighted by atomic mass is 35.5. The minimum atomic E-state index is -0.238. The van der Waals surface area contributed by atoms with Gasteiger partial charge in [0.05, 0.1) is 0 Å². The quantitative estimate of drug-likeness (QED) is 0.622. The first kappa shape index (κ1) is 12.0. The molecule has 0 aromatic carbocycles. The van der Waals surface area contributed by atoms with Crippen molar-refractivity contribution in [3.05, 3.63) is 0 Å². The van der Waals surface area contributed by atoms with Crippen molar-refractivity contribution in [1.29, 1.82) is 0 Å². The van der Waals surface area contributed by atoms with E-state index in [1.807, 2.05) is 13.8 Å². The van der Waals surface area contributed by atoms with Crippen LogP contribution in [-0.2, 0) is 4.79 Å². The molecule has 0 unspecified atom stereocenters. The summed E-state index contributed by atoms with van der Waals surface area (Å²) in [4.78, 5) is 11.2. The fourth-order valence-corrected chi connectivity index (χ4v) is 1.46. The first-order valence-electron chi connectivity index (χ1n) is 4.28. The van der Waals surface area contributed by atoms with E-state index in [0.29, 0.717) is 5.88 Å². The summed E-state index contributed by atoms with van der Waals surface area (Å²) in [5.74, 6) is 0.838. The molecule has 0 saturated carbocycles. The Hall–Kier alpha value is -0.0400. The smallest absolute Gasteiger partial charge is 0.135 e. The number of hydrogen-bond acceptors (Lipinski definition) is 1. The average molecular weight is 191 g/mol. The number of alkyl halides is 1. The maximum Gasteiger partial charge on any atom is 0.135 e. The zero-order valence-electron chi connectivity index (χ0n) is 8.70. The predicted molar refractivity (Wildman–Crippen MR) is 53.6 cm³/mol. The molecule has 0 aliphatic heterocycles. The van der Waals surface area contributed by atoms with Gasteiger partial charge in [-0.25, -0.2) is 0 Å². The number of ketones is 1. The molecule has 1 nitrogen and oxygen atoms in total. The topological polar surface area (TPSA) is 17.1 Å². The van der Waals surface area contributed by atoms with E-state index in [4.69, 9.17) is 11.6 Å². The van der Waals surface area contributed by atoms with Gasteiger partial charge in [0.2, 0.25) is 0 Å². The van der Waals surface area contributed by atoms with Gasteiger partial charge in [-0.05, 0) is 18.8 Å². The number of carbonyl (C=O) groups excluding carboxylic acids is 1. The van der Waals surface area contributed by atoms with Gasteiger partial charge in [-0.3, -0.25) is 4.79 Å². The summed E-state index contributed by atoms with van der Waals surface area (Å²) >= 11 is 5.79. The summed E-state index contributed by atoms with van der Waals surface area (Å²) < 4.78 is 0. The van der Waals surface area contributed by atoms with E-state index in [0.717, 1.165) is 6.42 Å². The molecule has 0 atom stereocenters. The van der Waals surface area contributed by atoms with Crippen LogP contribution in [-0.4, -0.2) is 11.7 Å². The van der Waals surface area contributed by atoms with Crippen LogP contribution in [0.5, 0.6) is 0 Å². The standard InChI is InChI=1S/C10H19ClO/c1-8(12)10(4,5)6-9(2,3)7-11/h6-7H2,1-5H3. The van der Waals surface area contributed by atoms with Crippen molar-refractivity contribution in [3.8, 4) is 0 Å². The maximum atomic E-state index is 11.2. The van der Waals surface area contributed by atoms with Crippen molar-refractivity contribution in [2.75, 3.05) is 5.88 Å². The summed E-state index contributed by atoms with van der Waals surface area (Å²) in [6.45, 7) is 9.77. The molecule has 0 heterocycles. The monoisotopic (exact) mass is 190 g/mol. The van der Waals surface area contributed by atoms with Crippen LogP contribution in [0.15, 0.2) is 0 Å². The van der Waals surface area contributed by atoms with Gasteiger partial charge in [0.15, 0.2) is 0 Å². The number of rotatable bonds is 4. The van der Waals surface area contributed by atoms with E-state index in [-0.39, 0.29) is 16.6 Å². The Bertz CT molecular complexity index is 171. The van der Waals surface area contributed by atoms with Gasteiger partial charge in [0.25, 0.3) is 0 Å². The van der Waals surface area contributed by atoms with Crippen LogP contribution >= 0.6 is 11.6 Å². The molecule has 0 aliphatic rings. The van der Waals surface area contributed by atoms with Crippen LogP contribution in [0.4, 0.5) is 0 Å². The minimum absolute atomic E-state index is 0.0523. The molecule has 0 radical (unpaired) electrons. The molecule has 0 aromatic rings. The molecular formula is C10H19ClO. The van der Waals surface area contributed by atoms with Gasteiger partial charge in [0, 0.05) is 11.3 Å². The van der Waals surface area contributed by atoms with Gasteiger partial charge in [-0.15, -0.1) is 11.6 Å². The first-order valence-corrected chi connectivity index (χ1v) is 4.82. The van der Waals surface area contributed by atoms with Gasteiger partial charge < -0.3 is 0 Å². The Morgan fingerprint density at radius 1 is 1.25 bits per heavy atom. The third-order valence-electron chi connectivity index (χ3n) is 2.24. The van der Waals surface area contributed by atoms with Crippen LogP contribution in [0.1, 0.15) is 41.0 Å². The highest BCUT2D eigenvalue weighted by molar-refractivity contribution is 6.18. The Balaban J connectivity index is 4.34. The maximum absolute atomic E-state index is 11.2. The predicted octanol–water partition coefficient (Wildman–Crippen LogP) is 3.26. The lowest BCUT2D eigenvalue weighted by Gasteiger charge is -2.31. The number of halogens is 1. The molecule has 12 heavy (non-hydrogen) atoms. The van der Waals surface area contributed by atoms with E-state index >= 15 is 0 Å². The van der Waals surface area contributed by atoms with Gasteiger partial charge in [-0.1, -0.05) is 27.7 Å². The second-order valence-electron chi connectivity index (χ2n) is 4.91. The van der Waals surface area contributed by atoms with Crippen LogP contribution in [0.3, 0.4) is 0 Å². The third kappa shape index (κ3) is 3.57. The highest BCUT2D eigenvalue weighted by Crippen LogP contribution is 2.34. The molecule has 72 valence electrons. The number of carbonyl (C=O) groups is 1. The molecule has 2 heteroatoms. The van der Waals surface area contributed by atoms with Crippen molar-refractivity contribution in [2.45, 2.75) is 41.0 Å². The second-order valence-corrected chi connectivity index (χ2v) is 5.18. The zero-order valence-corrected chi connectivity index (χ0v) is 9.46. The number of Topliss-reactive ketones (excluding diaryl/α,β-unsaturated/α-hetero) is 1. The summed E-state index contributed by atoms with van der Waals surface area (Å²) in [6, 6.07) is 0. The minimum Gasteiger partial charge on any atom is -0.299 e. The van der Waals surface area contributed by atoms with Crippen molar-refractivity contribution in [3.63, 3.8) is 0 Å². The van der Waals surface area contributed by atoms with E-state index in [1.165, 1.54) is 0 Å². The highest BCUT2D eigenvalue weighted by Gasteiger charge is 2.31. The van der Waals surface area contributed by atoms with Crippen LogP contribution < -0.4 is 0 Å². The number of hydrogen-bond donors (Lipinski definition) is 0. The Morgan fingerprint density at radius 2 is 1.67 bits per heavy atom. The van der Waals surface area contributed by atoms with E-state index in [1.54, 1.807) is 6.92 Å². The fourth-order valence-electron chi connectivity index (χ4n) is 1.37. The molecule has 0 amide bonds. The van der Waals surface area contributed by atoms with E-state index < -0.39 is 0 Å². The van der Waals surface area contributed by atoms with Crippen molar-refractivity contribution >= 4 is 17.4 Å². The van der Waals surface area contributed by atoms with E-state index in [2.05, 4.69) is 13.8 Å². The molecular weight excluding hydrogens is 172 g/mol. The van der Waals surface area contributed by atoms with Gasteiger partial charge in [0.1, 0.15) is 5.78 Å². The SMILES string of the molecule is CC(=O)C(C)(C)CC(C)(C)CCl. The fraction of sp³-hybridized carbons (Fsp3) is 0.900. The van der Waals surface area contributed by atoms with E-state index in [9.17, 15) is 4.79 Å². The van der Waals surface area contributed by atoms with Gasteiger partial charge in [-0.2, -0.15) is 0 Å². The molecule has 0 saturated heterocycles. The Morgan fingerprint density at radius 3 is 1.92 bits per heavy atom. The molecule has 0 rings (SSSR count). The molecule has 0 aromatic heterocycles. The summed E-state index contributed by atoms with van der Waals surface area (Å²) in [5, 5.41) is 0. The first-order chi connectivity index (χ1) is 5.21. The molecule has 0 aliphatic carbocycles. The summed E-state index contributed by atoms with van der Waals surface area (Å²) in [5.41, 5.74) is -0.185. The Labute approximate surface area is 80.5 Å². The summed E-state index contributed by atoms with van der Waals surface area (Å²) in [6.07, 6.45) is 0.846. The lowest BCUT2D eigenvalue weighted by atomic mass is 9.74. The third-order valence-corrected chi connectivity index (χ3v) is 2.96. The van der Waals surface area contributed by atoms with Crippen LogP contribution in [0.2, 0.25) is 0 Å². The van der Waals surface area contributed by atoms with Crippen LogP contribution in [0, 0.1) is 10.8 Å². The van der Waals surface area contributed by atoms with Crippen molar-refractivity contribution < 1.29 is 4.79 Å². The zero-order chi connectivity index (χ0) is 9.99. The lowest BCUT2D eigenvalue weighted by Crippen LogP contribution is -2.29.